The molecule has 2 heterocycles. The monoisotopic (exact) mass is 407 g/mol. The number of carbonyl (C=O) groups is 1. The van der Waals surface area contributed by atoms with Crippen LogP contribution in [0.2, 0.25) is 0 Å². The van der Waals surface area contributed by atoms with E-state index in [-0.39, 0.29) is 5.92 Å². The van der Waals surface area contributed by atoms with Gasteiger partial charge in [-0.2, -0.15) is 0 Å². The summed E-state index contributed by atoms with van der Waals surface area (Å²) in [5, 5.41) is 0. The number of piperazine rings is 1. The lowest BCUT2D eigenvalue weighted by Crippen LogP contribution is -2.51. The Bertz CT molecular complexity index is 713. The van der Waals surface area contributed by atoms with E-state index in [0.29, 0.717) is 5.91 Å². The summed E-state index contributed by atoms with van der Waals surface area (Å²) in [6, 6.07) is 10.4. The standard InChI is InChI=1S/C26H37N3O/c30-26(25-13-16-28(17-14-25)22-24-10-5-2-6-11-24)29-20-18-27(19-21-29)15-7-12-23-8-3-1-4-9-23/h1-5,7-9,12,24-25H,6,10-11,13-22H2/b12-7+/t24-/m1/s1. The molecule has 2 aliphatic heterocycles. The van der Waals surface area contributed by atoms with Crippen LogP contribution in [0.3, 0.4) is 0 Å². The Labute approximate surface area is 182 Å². The van der Waals surface area contributed by atoms with Gasteiger partial charge in [-0.15, -0.1) is 0 Å². The highest BCUT2D eigenvalue weighted by molar-refractivity contribution is 5.79. The second-order valence-electron chi connectivity index (χ2n) is 9.16. The molecule has 1 aromatic rings. The van der Waals surface area contributed by atoms with E-state index in [9.17, 15) is 4.79 Å². The Hall–Kier alpha value is -1.91. The largest absolute Gasteiger partial charge is 0.340 e. The fourth-order valence-electron chi connectivity index (χ4n) is 5.06. The lowest BCUT2D eigenvalue weighted by molar-refractivity contribution is -0.138. The van der Waals surface area contributed by atoms with Crippen LogP contribution >= 0.6 is 0 Å². The third-order valence-corrected chi connectivity index (χ3v) is 6.99. The Kier molecular flexibility index (Phi) is 7.76. The highest BCUT2D eigenvalue weighted by Crippen LogP contribution is 2.24. The topological polar surface area (TPSA) is 26.8 Å². The Balaban J connectivity index is 1.15. The number of piperidine rings is 1. The molecule has 162 valence electrons. The third-order valence-electron chi connectivity index (χ3n) is 6.99. The molecular weight excluding hydrogens is 370 g/mol. The van der Waals surface area contributed by atoms with E-state index in [4.69, 9.17) is 0 Å². The molecule has 30 heavy (non-hydrogen) atoms. The summed E-state index contributed by atoms with van der Waals surface area (Å²) in [4.78, 5) is 20.2. The maximum atomic E-state index is 13.0. The van der Waals surface area contributed by atoms with E-state index >= 15 is 0 Å². The molecule has 2 saturated heterocycles. The molecule has 4 rings (SSSR count). The average molecular weight is 408 g/mol. The van der Waals surface area contributed by atoms with Gasteiger partial charge in [-0.1, -0.05) is 54.6 Å². The minimum absolute atomic E-state index is 0.247. The molecule has 2 fully saturated rings. The first-order chi connectivity index (χ1) is 14.8. The van der Waals surface area contributed by atoms with Crippen LogP contribution in [0, 0.1) is 11.8 Å². The van der Waals surface area contributed by atoms with Crippen molar-refractivity contribution in [2.45, 2.75) is 32.1 Å². The SMILES string of the molecule is O=C(C1CCN(C[C@@H]2CC=CCC2)CC1)N1CCN(C/C=C/c2ccccc2)CC1. The number of allylic oxidation sites excluding steroid dienone is 2. The maximum absolute atomic E-state index is 13.0. The minimum Gasteiger partial charge on any atom is -0.340 e. The van der Waals surface area contributed by atoms with E-state index in [1.807, 2.05) is 6.07 Å². The van der Waals surface area contributed by atoms with Gasteiger partial charge in [-0.3, -0.25) is 9.69 Å². The average Bonchev–Trinajstić information content (AvgIpc) is 2.81. The second-order valence-corrected chi connectivity index (χ2v) is 9.16. The molecule has 0 saturated carbocycles. The lowest BCUT2D eigenvalue weighted by atomic mass is 9.91. The minimum atomic E-state index is 0.247. The van der Waals surface area contributed by atoms with Gasteiger partial charge in [0.15, 0.2) is 0 Å². The highest BCUT2D eigenvalue weighted by Gasteiger charge is 2.30. The number of hydrogen-bond donors (Lipinski definition) is 0. The third kappa shape index (κ3) is 6.05. The summed E-state index contributed by atoms with van der Waals surface area (Å²) < 4.78 is 0. The van der Waals surface area contributed by atoms with Crippen LogP contribution in [0.4, 0.5) is 0 Å². The summed E-state index contributed by atoms with van der Waals surface area (Å²) in [5.74, 6) is 1.48. The zero-order chi connectivity index (χ0) is 20.6. The number of benzene rings is 1. The summed E-state index contributed by atoms with van der Waals surface area (Å²) in [7, 11) is 0. The van der Waals surface area contributed by atoms with Crippen molar-refractivity contribution < 1.29 is 4.79 Å². The van der Waals surface area contributed by atoms with Crippen LogP contribution in [-0.2, 0) is 4.79 Å². The molecule has 3 aliphatic rings. The first kappa shape index (κ1) is 21.3. The van der Waals surface area contributed by atoms with Gasteiger partial charge in [0.25, 0.3) is 0 Å². The molecule has 1 aromatic carbocycles. The van der Waals surface area contributed by atoms with Crippen molar-refractivity contribution >= 4 is 12.0 Å². The first-order valence-electron chi connectivity index (χ1n) is 11.9. The zero-order valence-electron chi connectivity index (χ0n) is 18.3. The molecule has 0 radical (unpaired) electrons. The van der Waals surface area contributed by atoms with Gasteiger partial charge in [-0.05, 0) is 56.7 Å². The van der Waals surface area contributed by atoms with Gasteiger partial charge in [0.2, 0.25) is 5.91 Å². The fraction of sp³-hybridized carbons (Fsp3) is 0.577. The van der Waals surface area contributed by atoms with Gasteiger partial charge < -0.3 is 9.80 Å². The number of amides is 1. The number of likely N-dealkylation sites (tertiary alicyclic amines) is 1. The lowest BCUT2D eigenvalue weighted by Gasteiger charge is -2.39. The molecule has 4 heteroatoms. The van der Waals surface area contributed by atoms with Gasteiger partial charge >= 0.3 is 0 Å². The maximum Gasteiger partial charge on any atom is 0.225 e. The quantitative estimate of drug-likeness (QED) is 0.669. The van der Waals surface area contributed by atoms with E-state index < -0.39 is 0 Å². The molecule has 0 spiro atoms. The smallest absolute Gasteiger partial charge is 0.225 e. The Morgan fingerprint density at radius 3 is 2.37 bits per heavy atom. The van der Waals surface area contributed by atoms with E-state index in [1.54, 1.807) is 0 Å². The molecular formula is C26H37N3O. The molecule has 0 N–H and O–H groups in total. The van der Waals surface area contributed by atoms with Crippen molar-refractivity contribution in [1.29, 1.82) is 0 Å². The number of rotatable bonds is 6. The predicted molar refractivity (Wildman–Crippen MR) is 124 cm³/mol. The van der Waals surface area contributed by atoms with E-state index in [0.717, 1.165) is 64.6 Å². The molecule has 1 aliphatic carbocycles. The van der Waals surface area contributed by atoms with Crippen molar-refractivity contribution in [2.75, 3.05) is 52.4 Å². The van der Waals surface area contributed by atoms with Crippen molar-refractivity contribution in [3.8, 4) is 0 Å². The number of carbonyl (C=O) groups excluding carboxylic acids is 1. The molecule has 0 aromatic heterocycles. The van der Waals surface area contributed by atoms with Crippen LogP contribution in [0.5, 0.6) is 0 Å². The zero-order valence-corrected chi connectivity index (χ0v) is 18.3. The van der Waals surface area contributed by atoms with Gasteiger partial charge in [-0.25, -0.2) is 0 Å². The predicted octanol–water partition coefficient (Wildman–Crippen LogP) is 3.91. The van der Waals surface area contributed by atoms with Crippen molar-refractivity contribution in [3.05, 3.63) is 54.1 Å². The van der Waals surface area contributed by atoms with Crippen LogP contribution in [0.25, 0.3) is 6.08 Å². The van der Waals surface area contributed by atoms with Crippen LogP contribution in [-0.4, -0.2) is 73.0 Å². The van der Waals surface area contributed by atoms with Gasteiger partial charge in [0.05, 0.1) is 0 Å². The molecule has 0 bridgehead atoms. The van der Waals surface area contributed by atoms with Crippen molar-refractivity contribution in [2.24, 2.45) is 11.8 Å². The van der Waals surface area contributed by atoms with Crippen molar-refractivity contribution in [3.63, 3.8) is 0 Å². The molecule has 1 amide bonds. The Morgan fingerprint density at radius 2 is 1.67 bits per heavy atom. The summed E-state index contributed by atoms with van der Waals surface area (Å²) >= 11 is 0. The Morgan fingerprint density at radius 1 is 0.900 bits per heavy atom. The fourth-order valence-corrected chi connectivity index (χ4v) is 5.06. The highest BCUT2D eigenvalue weighted by atomic mass is 16.2. The molecule has 0 unspecified atom stereocenters. The van der Waals surface area contributed by atoms with Crippen molar-refractivity contribution in [1.82, 2.24) is 14.7 Å². The summed E-state index contributed by atoms with van der Waals surface area (Å²) in [6.07, 6.45) is 15.0. The van der Waals surface area contributed by atoms with E-state index in [2.05, 4.69) is 63.3 Å². The molecule has 1 atom stereocenters. The van der Waals surface area contributed by atoms with E-state index in [1.165, 1.54) is 31.4 Å². The van der Waals surface area contributed by atoms with Gasteiger partial charge in [0, 0.05) is 45.2 Å². The summed E-state index contributed by atoms with van der Waals surface area (Å²) in [5.41, 5.74) is 1.25. The van der Waals surface area contributed by atoms with Crippen LogP contribution < -0.4 is 0 Å². The second kappa shape index (κ2) is 10.9. The van der Waals surface area contributed by atoms with Crippen LogP contribution in [0.1, 0.15) is 37.7 Å². The normalized spacial score (nSPS) is 24.5. The first-order valence-corrected chi connectivity index (χ1v) is 11.9. The number of nitrogens with zero attached hydrogens (tertiary/aromatic N) is 3. The van der Waals surface area contributed by atoms with Crippen LogP contribution in [0.15, 0.2) is 48.6 Å². The van der Waals surface area contributed by atoms with Gasteiger partial charge in [0.1, 0.15) is 0 Å². The molecule has 4 nitrogen and oxygen atoms in total. The summed E-state index contributed by atoms with van der Waals surface area (Å²) in [6.45, 7) is 8.12. The number of hydrogen-bond acceptors (Lipinski definition) is 3.